The lowest BCUT2D eigenvalue weighted by Gasteiger charge is -2.04. The third-order valence-corrected chi connectivity index (χ3v) is 2.28. The molecular formula is C11H9ClN2. The van der Waals surface area contributed by atoms with E-state index in [1.54, 1.807) is 18.6 Å². The maximum atomic E-state index is 5.78. The van der Waals surface area contributed by atoms with Crippen LogP contribution in [0.2, 0.25) is 5.15 Å². The van der Waals surface area contributed by atoms with Crippen LogP contribution in [0.4, 0.5) is 0 Å². The van der Waals surface area contributed by atoms with E-state index in [2.05, 4.69) is 9.97 Å². The summed E-state index contributed by atoms with van der Waals surface area (Å²) < 4.78 is 0. The highest BCUT2D eigenvalue weighted by molar-refractivity contribution is 6.29. The zero-order valence-electron chi connectivity index (χ0n) is 7.74. The van der Waals surface area contributed by atoms with Gasteiger partial charge < -0.3 is 0 Å². The number of rotatable bonds is 1. The van der Waals surface area contributed by atoms with E-state index in [0.29, 0.717) is 5.15 Å². The standard InChI is InChI=1S/C11H9ClN2/c1-8-6-11(12)14-7-10(8)9-2-4-13-5-3-9/h2-7H,1H3. The molecule has 0 N–H and O–H groups in total. The van der Waals surface area contributed by atoms with Gasteiger partial charge in [0.05, 0.1) is 0 Å². The molecule has 0 saturated heterocycles. The first-order valence-corrected chi connectivity index (χ1v) is 4.68. The molecule has 2 nitrogen and oxygen atoms in total. The highest BCUT2D eigenvalue weighted by Gasteiger charge is 2.02. The number of aromatic nitrogens is 2. The van der Waals surface area contributed by atoms with Crippen molar-refractivity contribution in [3.8, 4) is 11.1 Å². The van der Waals surface area contributed by atoms with Crippen LogP contribution in [0.5, 0.6) is 0 Å². The minimum atomic E-state index is 0.528. The van der Waals surface area contributed by atoms with E-state index in [9.17, 15) is 0 Å². The SMILES string of the molecule is Cc1cc(Cl)ncc1-c1ccncc1. The molecule has 0 unspecified atom stereocenters. The van der Waals surface area contributed by atoms with Gasteiger partial charge in [-0.05, 0) is 36.2 Å². The van der Waals surface area contributed by atoms with Crippen molar-refractivity contribution in [2.24, 2.45) is 0 Å². The van der Waals surface area contributed by atoms with Crippen molar-refractivity contribution in [1.29, 1.82) is 0 Å². The third-order valence-electron chi connectivity index (χ3n) is 2.07. The Kier molecular flexibility index (Phi) is 2.46. The summed E-state index contributed by atoms with van der Waals surface area (Å²) in [6.07, 6.45) is 5.32. The summed E-state index contributed by atoms with van der Waals surface area (Å²) in [5.41, 5.74) is 3.33. The Morgan fingerprint density at radius 1 is 1.21 bits per heavy atom. The Hall–Kier alpha value is -1.41. The molecule has 0 aromatic carbocycles. The van der Waals surface area contributed by atoms with Gasteiger partial charge in [0.15, 0.2) is 0 Å². The fourth-order valence-corrected chi connectivity index (χ4v) is 1.57. The molecule has 0 radical (unpaired) electrons. The highest BCUT2D eigenvalue weighted by Crippen LogP contribution is 2.23. The molecule has 0 aliphatic heterocycles. The Labute approximate surface area is 87.6 Å². The van der Waals surface area contributed by atoms with Crippen LogP contribution in [0, 0.1) is 6.92 Å². The second-order valence-corrected chi connectivity index (χ2v) is 3.45. The number of nitrogens with zero attached hydrogens (tertiary/aromatic N) is 2. The van der Waals surface area contributed by atoms with Gasteiger partial charge >= 0.3 is 0 Å². The first-order chi connectivity index (χ1) is 6.77. The first kappa shape index (κ1) is 9.16. The van der Waals surface area contributed by atoms with Gasteiger partial charge in [0.25, 0.3) is 0 Å². The van der Waals surface area contributed by atoms with Gasteiger partial charge in [-0.3, -0.25) is 4.98 Å². The van der Waals surface area contributed by atoms with Crippen molar-refractivity contribution in [3.63, 3.8) is 0 Å². The molecule has 0 spiro atoms. The molecule has 0 atom stereocenters. The van der Waals surface area contributed by atoms with Crippen LogP contribution in [0.15, 0.2) is 36.8 Å². The number of pyridine rings is 2. The van der Waals surface area contributed by atoms with E-state index in [0.717, 1.165) is 16.7 Å². The molecule has 2 rings (SSSR count). The van der Waals surface area contributed by atoms with Crippen LogP contribution in [-0.4, -0.2) is 9.97 Å². The first-order valence-electron chi connectivity index (χ1n) is 4.30. The lowest BCUT2D eigenvalue weighted by atomic mass is 10.1. The second-order valence-electron chi connectivity index (χ2n) is 3.06. The van der Waals surface area contributed by atoms with E-state index < -0.39 is 0 Å². The molecule has 0 aliphatic carbocycles. The topological polar surface area (TPSA) is 25.8 Å². The summed E-state index contributed by atoms with van der Waals surface area (Å²) in [5.74, 6) is 0. The fraction of sp³-hybridized carbons (Fsp3) is 0.0909. The average molecular weight is 205 g/mol. The van der Waals surface area contributed by atoms with Crippen molar-refractivity contribution >= 4 is 11.6 Å². The fourth-order valence-electron chi connectivity index (χ4n) is 1.36. The average Bonchev–Trinajstić information content (AvgIpc) is 2.19. The number of aryl methyl sites for hydroxylation is 1. The lowest BCUT2D eigenvalue weighted by molar-refractivity contribution is 1.27. The van der Waals surface area contributed by atoms with Crippen LogP contribution >= 0.6 is 11.6 Å². The van der Waals surface area contributed by atoms with E-state index in [4.69, 9.17) is 11.6 Å². The second kappa shape index (κ2) is 3.76. The minimum Gasteiger partial charge on any atom is -0.265 e. The molecule has 14 heavy (non-hydrogen) atoms. The number of hydrogen-bond acceptors (Lipinski definition) is 2. The number of hydrogen-bond donors (Lipinski definition) is 0. The van der Waals surface area contributed by atoms with Gasteiger partial charge in [-0.2, -0.15) is 0 Å². The lowest BCUT2D eigenvalue weighted by Crippen LogP contribution is -1.86. The van der Waals surface area contributed by atoms with Crippen LogP contribution < -0.4 is 0 Å². The molecule has 0 saturated carbocycles. The van der Waals surface area contributed by atoms with Gasteiger partial charge in [-0.1, -0.05) is 11.6 Å². The van der Waals surface area contributed by atoms with Gasteiger partial charge in [0.1, 0.15) is 5.15 Å². The normalized spacial score (nSPS) is 10.1. The summed E-state index contributed by atoms with van der Waals surface area (Å²) >= 11 is 5.78. The maximum Gasteiger partial charge on any atom is 0.129 e. The summed E-state index contributed by atoms with van der Waals surface area (Å²) in [7, 11) is 0. The summed E-state index contributed by atoms with van der Waals surface area (Å²) in [4.78, 5) is 8.03. The molecular weight excluding hydrogens is 196 g/mol. The van der Waals surface area contributed by atoms with Crippen LogP contribution in [0.25, 0.3) is 11.1 Å². The minimum absolute atomic E-state index is 0.528. The van der Waals surface area contributed by atoms with E-state index in [1.807, 2.05) is 25.1 Å². The third kappa shape index (κ3) is 1.75. The molecule has 2 aromatic heterocycles. The van der Waals surface area contributed by atoms with Gasteiger partial charge in [-0.15, -0.1) is 0 Å². The summed E-state index contributed by atoms with van der Waals surface area (Å²) in [5, 5.41) is 0.528. The van der Waals surface area contributed by atoms with Gasteiger partial charge in [-0.25, -0.2) is 4.98 Å². The smallest absolute Gasteiger partial charge is 0.129 e. The predicted octanol–water partition coefficient (Wildman–Crippen LogP) is 3.11. The quantitative estimate of drug-likeness (QED) is 0.667. The monoisotopic (exact) mass is 204 g/mol. The zero-order chi connectivity index (χ0) is 9.97. The summed E-state index contributed by atoms with van der Waals surface area (Å²) in [6, 6.07) is 5.77. The molecule has 70 valence electrons. The Balaban J connectivity index is 2.53. The van der Waals surface area contributed by atoms with E-state index in [1.165, 1.54) is 0 Å². The van der Waals surface area contributed by atoms with Crippen LogP contribution in [0.3, 0.4) is 0 Å². The molecule has 0 fully saturated rings. The van der Waals surface area contributed by atoms with Gasteiger partial charge in [0, 0.05) is 24.2 Å². The molecule has 0 amide bonds. The molecule has 2 aromatic rings. The van der Waals surface area contributed by atoms with Crippen LogP contribution in [0.1, 0.15) is 5.56 Å². The van der Waals surface area contributed by atoms with Crippen molar-refractivity contribution in [2.45, 2.75) is 6.92 Å². The number of halogens is 1. The predicted molar refractivity (Wildman–Crippen MR) is 57.2 cm³/mol. The van der Waals surface area contributed by atoms with Crippen molar-refractivity contribution in [2.75, 3.05) is 0 Å². The molecule has 0 aliphatic rings. The van der Waals surface area contributed by atoms with Crippen molar-refractivity contribution < 1.29 is 0 Å². The highest BCUT2D eigenvalue weighted by atomic mass is 35.5. The molecule has 2 heterocycles. The summed E-state index contributed by atoms with van der Waals surface area (Å²) in [6.45, 7) is 2.02. The molecule has 0 bridgehead atoms. The van der Waals surface area contributed by atoms with Crippen LogP contribution in [-0.2, 0) is 0 Å². The maximum absolute atomic E-state index is 5.78. The van der Waals surface area contributed by atoms with Crippen molar-refractivity contribution in [1.82, 2.24) is 9.97 Å². The largest absolute Gasteiger partial charge is 0.265 e. The Morgan fingerprint density at radius 3 is 2.57 bits per heavy atom. The van der Waals surface area contributed by atoms with Crippen molar-refractivity contribution in [3.05, 3.63) is 47.5 Å². The van der Waals surface area contributed by atoms with E-state index >= 15 is 0 Å². The zero-order valence-corrected chi connectivity index (χ0v) is 8.49. The van der Waals surface area contributed by atoms with Gasteiger partial charge in [0.2, 0.25) is 0 Å². The Morgan fingerprint density at radius 2 is 1.93 bits per heavy atom. The van der Waals surface area contributed by atoms with E-state index in [-0.39, 0.29) is 0 Å². The molecule has 3 heteroatoms. The Bertz CT molecular complexity index is 440.